The van der Waals surface area contributed by atoms with Gasteiger partial charge in [0.1, 0.15) is 0 Å². The summed E-state index contributed by atoms with van der Waals surface area (Å²) in [6, 6.07) is 0. The summed E-state index contributed by atoms with van der Waals surface area (Å²) < 4.78 is 0. The van der Waals surface area contributed by atoms with Crippen molar-refractivity contribution in [3.8, 4) is 0 Å². The van der Waals surface area contributed by atoms with Crippen molar-refractivity contribution < 1.29 is 24.9 Å². The highest BCUT2D eigenvalue weighted by molar-refractivity contribution is 5.98. The van der Waals surface area contributed by atoms with Crippen LogP contribution in [0.3, 0.4) is 0 Å². The quantitative estimate of drug-likeness (QED) is 0.392. The van der Waals surface area contributed by atoms with Crippen LogP contribution in [-0.4, -0.2) is 32.7 Å². The van der Waals surface area contributed by atoms with E-state index in [4.69, 9.17) is 0 Å². The van der Waals surface area contributed by atoms with Gasteiger partial charge >= 0.3 is 5.97 Å². The monoisotopic (exact) mass is 484 g/mol. The summed E-state index contributed by atoms with van der Waals surface area (Å²) in [4.78, 5) is 25.7. The topological polar surface area (TPSA) is 94.8 Å². The molecule has 0 saturated heterocycles. The fraction of sp³-hybridized carbons (Fsp3) is 0.800. The van der Waals surface area contributed by atoms with Crippen LogP contribution >= 0.6 is 0 Å². The number of hydrogen-bond acceptors (Lipinski definition) is 4. The lowest BCUT2D eigenvalue weighted by Gasteiger charge is -2.70. The Labute approximate surface area is 210 Å². The van der Waals surface area contributed by atoms with Crippen LogP contribution in [-0.2, 0) is 9.59 Å². The van der Waals surface area contributed by atoms with Crippen molar-refractivity contribution in [3.05, 3.63) is 23.5 Å². The summed E-state index contributed by atoms with van der Waals surface area (Å²) in [6.45, 7) is 14.8. The molecule has 9 atom stereocenters. The molecular formula is C30H44O5. The normalized spacial score (nSPS) is 52.7. The number of aliphatic hydroxyl groups is 2. The zero-order valence-corrected chi connectivity index (χ0v) is 22.6. The molecule has 3 N–H and O–H groups in total. The average molecular weight is 485 g/mol. The lowest BCUT2D eigenvalue weighted by Crippen LogP contribution is -2.67. The molecule has 0 aromatic carbocycles. The SMILES string of the molecule is CC1CCC2(C(=O)O)CCC3(C)C(=CCC4C5(C)C=C(O)C(=O)C(C)(C)C5CCC43C)C2C1(C)O. The van der Waals surface area contributed by atoms with Gasteiger partial charge in [-0.2, -0.15) is 0 Å². The molecule has 194 valence electrons. The number of aliphatic carboxylic acids is 1. The van der Waals surface area contributed by atoms with E-state index < -0.39 is 28.3 Å². The summed E-state index contributed by atoms with van der Waals surface area (Å²) in [7, 11) is 0. The first kappa shape index (κ1) is 25.0. The van der Waals surface area contributed by atoms with Crippen molar-refractivity contribution >= 4 is 11.8 Å². The smallest absolute Gasteiger partial charge is 0.310 e. The highest BCUT2D eigenvalue weighted by atomic mass is 16.4. The number of ketones is 1. The summed E-state index contributed by atoms with van der Waals surface area (Å²) in [5.74, 6) is -1.01. The summed E-state index contributed by atoms with van der Waals surface area (Å²) in [5, 5.41) is 33.1. The van der Waals surface area contributed by atoms with E-state index in [1.54, 1.807) is 0 Å². The van der Waals surface area contributed by atoms with Crippen molar-refractivity contribution in [2.75, 3.05) is 0 Å². The largest absolute Gasteiger partial charge is 0.505 e. The highest BCUT2D eigenvalue weighted by Gasteiger charge is 2.71. The van der Waals surface area contributed by atoms with E-state index >= 15 is 0 Å². The number of fused-ring (bicyclic) bond motifs is 7. The van der Waals surface area contributed by atoms with E-state index in [1.165, 1.54) is 0 Å². The molecule has 0 heterocycles. The molecule has 5 nitrogen and oxygen atoms in total. The standard InChI is InChI=1S/C30H44O5/c1-17-10-13-30(24(33)34)15-14-27(5)18(22(30)29(17,7)35)8-9-21-26(4)16-19(31)23(32)25(2,3)20(26)11-12-28(21,27)6/h8,16-17,20-22,31,35H,9-15H2,1-7H3,(H,33,34). The van der Waals surface area contributed by atoms with Gasteiger partial charge in [-0.25, -0.2) is 0 Å². The van der Waals surface area contributed by atoms with E-state index in [-0.39, 0.29) is 45.5 Å². The molecule has 0 spiro atoms. The molecule has 3 fully saturated rings. The molecule has 5 heteroatoms. The zero-order chi connectivity index (χ0) is 26.0. The number of aliphatic hydroxyl groups excluding tert-OH is 1. The number of carboxylic acids is 1. The number of rotatable bonds is 1. The molecule has 9 unspecified atom stereocenters. The van der Waals surface area contributed by atoms with E-state index in [2.05, 4.69) is 33.8 Å². The van der Waals surface area contributed by atoms with Gasteiger partial charge in [0.2, 0.25) is 5.78 Å². The molecule has 5 aliphatic carbocycles. The van der Waals surface area contributed by atoms with Crippen LogP contribution < -0.4 is 0 Å². The Balaban J connectivity index is 1.68. The van der Waals surface area contributed by atoms with Crippen LogP contribution in [0.2, 0.25) is 0 Å². The fourth-order valence-electron chi connectivity index (χ4n) is 10.3. The van der Waals surface area contributed by atoms with Crippen molar-refractivity contribution in [2.45, 2.75) is 99.0 Å². The second-order valence-corrected chi connectivity index (χ2v) is 14.3. The first-order valence-electron chi connectivity index (χ1n) is 13.6. The van der Waals surface area contributed by atoms with Gasteiger partial charge in [0.15, 0.2) is 5.76 Å². The molecule has 0 bridgehead atoms. The van der Waals surface area contributed by atoms with Gasteiger partial charge in [0.25, 0.3) is 0 Å². The van der Waals surface area contributed by atoms with Crippen LogP contribution in [0.25, 0.3) is 0 Å². The summed E-state index contributed by atoms with van der Waals surface area (Å²) in [6.07, 6.45) is 9.49. The Morgan fingerprint density at radius 3 is 2.26 bits per heavy atom. The average Bonchev–Trinajstić information content (AvgIpc) is 2.75. The van der Waals surface area contributed by atoms with Gasteiger partial charge in [0.05, 0.1) is 11.0 Å². The minimum atomic E-state index is -1.08. The number of hydrogen-bond donors (Lipinski definition) is 3. The molecule has 5 aliphatic rings. The number of carboxylic acid groups (broad SMARTS) is 1. The van der Waals surface area contributed by atoms with Crippen LogP contribution in [0.1, 0.15) is 93.4 Å². The Morgan fingerprint density at radius 1 is 0.971 bits per heavy atom. The third kappa shape index (κ3) is 2.74. The minimum absolute atomic E-state index is 0.0343. The number of Topliss-reactive ketones (excluding diaryl/α,β-unsaturated/α-hetero) is 1. The third-order valence-electron chi connectivity index (χ3n) is 12.8. The maximum atomic E-state index is 12.9. The first-order valence-corrected chi connectivity index (χ1v) is 13.6. The van der Waals surface area contributed by atoms with Gasteiger partial charge in [-0.05, 0) is 91.9 Å². The Morgan fingerprint density at radius 2 is 1.63 bits per heavy atom. The van der Waals surface area contributed by atoms with Gasteiger partial charge in [-0.1, -0.05) is 53.2 Å². The van der Waals surface area contributed by atoms with Crippen LogP contribution in [0.5, 0.6) is 0 Å². The van der Waals surface area contributed by atoms with Crippen molar-refractivity contribution in [1.29, 1.82) is 0 Å². The van der Waals surface area contributed by atoms with Crippen molar-refractivity contribution in [3.63, 3.8) is 0 Å². The molecule has 35 heavy (non-hydrogen) atoms. The number of allylic oxidation sites excluding steroid dienone is 3. The molecule has 0 aromatic rings. The fourth-order valence-corrected chi connectivity index (χ4v) is 10.3. The predicted octanol–water partition coefficient (Wildman–Crippen LogP) is 6.07. The Kier molecular flexibility index (Phi) is 5.03. The highest BCUT2D eigenvalue weighted by Crippen LogP contribution is 2.75. The van der Waals surface area contributed by atoms with Gasteiger partial charge < -0.3 is 15.3 Å². The summed E-state index contributed by atoms with van der Waals surface area (Å²) >= 11 is 0. The number of carbonyl (C=O) groups is 2. The van der Waals surface area contributed by atoms with Gasteiger partial charge in [0, 0.05) is 11.3 Å². The van der Waals surface area contributed by atoms with Crippen LogP contribution in [0.4, 0.5) is 0 Å². The minimum Gasteiger partial charge on any atom is -0.505 e. The molecule has 0 amide bonds. The molecule has 0 aromatic heterocycles. The van der Waals surface area contributed by atoms with E-state index in [1.807, 2.05) is 26.8 Å². The lowest BCUT2D eigenvalue weighted by atomic mass is 9.33. The van der Waals surface area contributed by atoms with Crippen molar-refractivity contribution in [2.24, 2.45) is 50.7 Å². The lowest BCUT2D eigenvalue weighted by molar-refractivity contribution is -0.199. The van der Waals surface area contributed by atoms with E-state index in [0.717, 1.165) is 37.7 Å². The molecule has 3 saturated carbocycles. The van der Waals surface area contributed by atoms with Crippen LogP contribution in [0.15, 0.2) is 23.5 Å². The molecular weight excluding hydrogens is 440 g/mol. The Bertz CT molecular complexity index is 1050. The van der Waals surface area contributed by atoms with Gasteiger partial charge in [-0.3, -0.25) is 9.59 Å². The second kappa shape index (κ2) is 7.02. The third-order valence-corrected chi connectivity index (χ3v) is 12.8. The zero-order valence-electron chi connectivity index (χ0n) is 22.6. The number of carbonyl (C=O) groups excluding carboxylic acids is 1. The van der Waals surface area contributed by atoms with Crippen LogP contribution in [0, 0.1) is 50.7 Å². The molecule has 0 radical (unpaired) electrons. The van der Waals surface area contributed by atoms with E-state index in [0.29, 0.717) is 12.8 Å². The van der Waals surface area contributed by atoms with Crippen molar-refractivity contribution in [1.82, 2.24) is 0 Å². The predicted molar refractivity (Wildman–Crippen MR) is 135 cm³/mol. The van der Waals surface area contributed by atoms with E-state index in [9.17, 15) is 24.9 Å². The maximum absolute atomic E-state index is 12.9. The second-order valence-electron chi connectivity index (χ2n) is 14.3. The first-order chi connectivity index (χ1) is 16.0. The maximum Gasteiger partial charge on any atom is 0.310 e. The summed E-state index contributed by atoms with van der Waals surface area (Å²) in [5.41, 5.74) is -2.16. The Hall–Kier alpha value is -1.62. The van der Waals surface area contributed by atoms with Gasteiger partial charge in [-0.15, -0.1) is 0 Å². The molecule has 0 aliphatic heterocycles. The molecule has 5 rings (SSSR count).